The first-order valence-corrected chi connectivity index (χ1v) is 6.79. The van der Waals surface area contributed by atoms with Gasteiger partial charge in [-0.3, -0.25) is 9.59 Å². The molecule has 3 amide bonds. The Morgan fingerprint density at radius 1 is 1.40 bits per heavy atom. The monoisotopic (exact) mass is 285 g/mol. The fraction of sp³-hybridized carbons (Fsp3) is 0.769. The van der Waals surface area contributed by atoms with E-state index in [1.807, 2.05) is 0 Å². The Balaban J connectivity index is 2.38. The second kappa shape index (κ2) is 7.12. The van der Waals surface area contributed by atoms with Gasteiger partial charge in [0, 0.05) is 33.6 Å². The zero-order chi connectivity index (χ0) is 15.3. The number of carboxylic acid groups (broad SMARTS) is 1. The summed E-state index contributed by atoms with van der Waals surface area (Å²) in [6.45, 7) is 2.82. The van der Waals surface area contributed by atoms with Gasteiger partial charge >= 0.3 is 12.0 Å². The van der Waals surface area contributed by atoms with E-state index >= 15 is 0 Å². The topological polar surface area (TPSA) is 90.0 Å². The third-order valence-corrected chi connectivity index (χ3v) is 3.49. The van der Waals surface area contributed by atoms with Crippen LogP contribution in [0.15, 0.2) is 0 Å². The Morgan fingerprint density at radius 3 is 2.60 bits per heavy atom. The van der Waals surface area contributed by atoms with Crippen LogP contribution in [0.1, 0.15) is 26.2 Å². The fourth-order valence-corrected chi connectivity index (χ4v) is 2.31. The van der Waals surface area contributed by atoms with Crippen molar-refractivity contribution >= 4 is 17.9 Å². The lowest BCUT2D eigenvalue weighted by Gasteiger charge is -2.22. The van der Waals surface area contributed by atoms with Gasteiger partial charge in [0.05, 0.1) is 0 Å². The molecule has 1 heterocycles. The number of nitrogens with zero attached hydrogens (tertiary/aromatic N) is 2. The van der Waals surface area contributed by atoms with Crippen molar-refractivity contribution in [2.24, 2.45) is 5.92 Å². The van der Waals surface area contributed by atoms with Gasteiger partial charge in [0.2, 0.25) is 5.91 Å². The molecule has 2 unspecified atom stereocenters. The second-order valence-electron chi connectivity index (χ2n) is 5.44. The summed E-state index contributed by atoms with van der Waals surface area (Å²) in [6, 6.07) is -0.818. The summed E-state index contributed by atoms with van der Waals surface area (Å²) in [4.78, 5) is 37.3. The molecule has 2 N–H and O–H groups in total. The van der Waals surface area contributed by atoms with Crippen LogP contribution in [0.5, 0.6) is 0 Å². The van der Waals surface area contributed by atoms with Crippen LogP contribution in [0.3, 0.4) is 0 Å². The number of nitrogens with one attached hydrogen (secondary N) is 1. The summed E-state index contributed by atoms with van der Waals surface area (Å²) in [6.07, 6.45) is 1.54. The van der Waals surface area contributed by atoms with E-state index in [1.54, 1.807) is 25.9 Å². The van der Waals surface area contributed by atoms with Crippen molar-refractivity contribution in [3.63, 3.8) is 0 Å². The number of aliphatic carboxylic acids is 1. The lowest BCUT2D eigenvalue weighted by atomic mass is 10.0. The number of likely N-dealkylation sites (tertiary alicyclic amines) is 1. The molecule has 0 bridgehead atoms. The van der Waals surface area contributed by atoms with Crippen LogP contribution in [-0.2, 0) is 9.59 Å². The highest BCUT2D eigenvalue weighted by Crippen LogP contribution is 2.21. The first-order chi connectivity index (χ1) is 9.31. The zero-order valence-electron chi connectivity index (χ0n) is 12.3. The summed E-state index contributed by atoms with van der Waals surface area (Å²) in [5, 5.41) is 11.3. The molecule has 114 valence electrons. The minimum absolute atomic E-state index is 0.135. The predicted molar refractivity (Wildman–Crippen MR) is 73.2 cm³/mol. The average molecular weight is 285 g/mol. The number of hydrogen-bond donors (Lipinski definition) is 2. The molecule has 2 atom stereocenters. The zero-order valence-corrected chi connectivity index (χ0v) is 12.3. The Morgan fingerprint density at radius 2 is 2.05 bits per heavy atom. The summed E-state index contributed by atoms with van der Waals surface area (Å²) in [5.74, 6) is -0.727. The largest absolute Gasteiger partial charge is 0.481 e. The summed E-state index contributed by atoms with van der Waals surface area (Å²) in [5.41, 5.74) is 0. The van der Waals surface area contributed by atoms with Crippen molar-refractivity contribution in [2.45, 2.75) is 32.2 Å². The van der Waals surface area contributed by atoms with E-state index in [9.17, 15) is 14.4 Å². The minimum Gasteiger partial charge on any atom is -0.481 e. The molecule has 0 aromatic carbocycles. The lowest BCUT2D eigenvalue weighted by Crippen LogP contribution is -2.49. The van der Waals surface area contributed by atoms with Gasteiger partial charge in [-0.25, -0.2) is 4.79 Å². The average Bonchev–Trinajstić information content (AvgIpc) is 2.83. The van der Waals surface area contributed by atoms with Crippen LogP contribution in [-0.4, -0.2) is 66.0 Å². The van der Waals surface area contributed by atoms with E-state index in [1.165, 1.54) is 4.90 Å². The normalized spacial score (nSPS) is 19.6. The number of hydrogen-bond acceptors (Lipinski definition) is 3. The molecule has 1 aliphatic heterocycles. The predicted octanol–water partition coefficient (Wildman–Crippen LogP) is 0.359. The molecule has 0 radical (unpaired) electrons. The highest BCUT2D eigenvalue weighted by atomic mass is 16.4. The highest BCUT2D eigenvalue weighted by Gasteiger charge is 2.28. The number of urea groups is 1. The number of carboxylic acids is 1. The molecule has 20 heavy (non-hydrogen) atoms. The molecular formula is C13H23N3O4. The van der Waals surface area contributed by atoms with E-state index in [0.29, 0.717) is 19.5 Å². The Hall–Kier alpha value is -1.79. The van der Waals surface area contributed by atoms with E-state index in [-0.39, 0.29) is 24.3 Å². The smallest absolute Gasteiger partial charge is 0.318 e. The van der Waals surface area contributed by atoms with Crippen LogP contribution in [0.25, 0.3) is 0 Å². The molecule has 1 aliphatic rings. The molecule has 0 aliphatic carbocycles. The van der Waals surface area contributed by atoms with Crippen molar-refractivity contribution in [3.05, 3.63) is 0 Å². The maximum Gasteiger partial charge on any atom is 0.318 e. The molecule has 7 heteroatoms. The standard InChI is InChI=1S/C13H23N3O4/c1-9(12(19)15(2)3)14-13(20)16-7-6-10(8-16)4-5-11(17)18/h9-10H,4-8H2,1-3H3,(H,14,20)(H,17,18). The number of carbonyl (C=O) groups is 3. The van der Waals surface area contributed by atoms with Gasteiger partial charge in [0.1, 0.15) is 6.04 Å². The Bertz CT molecular complexity index is 384. The van der Waals surface area contributed by atoms with Crippen molar-refractivity contribution in [1.29, 1.82) is 0 Å². The maximum absolute atomic E-state index is 12.0. The molecule has 1 rings (SSSR count). The van der Waals surface area contributed by atoms with Gasteiger partial charge in [-0.1, -0.05) is 0 Å². The van der Waals surface area contributed by atoms with Gasteiger partial charge in [-0.2, -0.15) is 0 Å². The quantitative estimate of drug-likeness (QED) is 0.763. The van der Waals surface area contributed by atoms with E-state index in [2.05, 4.69) is 5.32 Å². The third kappa shape index (κ3) is 4.71. The van der Waals surface area contributed by atoms with Crippen molar-refractivity contribution in [1.82, 2.24) is 15.1 Å². The third-order valence-electron chi connectivity index (χ3n) is 3.49. The molecule has 0 aromatic rings. The number of carbonyl (C=O) groups excluding carboxylic acids is 2. The first-order valence-electron chi connectivity index (χ1n) is 6.79. The molecule has 7 nitrogen and oxygen atoms in total. The summed E-state index contributed by atoms with van der Waals surface area (Å²) >= 11 is 0. The lowest BCUT2D eigenvalue weighted by molar-refractivity contribution is -0.137. The maximum atomic E-state index is 12.0. The molecule has 1 saturated heterocycles. The van der Waals surface area contributed by atoms with Crippen LogP contribution in [0.4, 0.5) is 4.79 Å². The molecule has 1 fully saturated rings. The van der Waals surface area contributed by atoms with Crippen LogP contribution in [0.2, 0.25) is 0 Å². The summed E-state index contributed by atoms with van der Waals surface area (Å²) < 4.78 is 0. The van der Waals surface area contributed by atoms with Crippen molar-refractivity contribution < 1.29 is 19.5 Å². The highest BCUT2D eigenvalue weighted by molar-refractivity contribution is 5.86. The van der Waals surface area contributed by atoms with E-state index < -0.39 is 12.0 Å². The second-order valence-corrected chi connectivity index (χ2v) is 5.44. The van der Waals surface area contributed by atoms with Crippen LogP contribution >= 0.6 is 0 Å². The van der Waals surface area contributed by atoms with Gasteiger partial charge in [0.25, 0.3) is 0 Å². The van der Waals surface area contributed by atoms with Crippen molar-refractivity contribution in [2.75, 3.05) is 27.2 Å². The number of amides is 3. The van der Waals surface area contributed by atoms with Gasteiger partial charge in [-0.05, 0) is 25.7 Å². The van der Waals surface area contributed by atoms with E-state index in [0.717, 1.165) is 6.42 Å². The molecule has 0 aromatic heterocycles. The number of rotatable bonds is 5. The molecule has 0 saturated carbocycles. The summed E-state index contributed by atoms with van der Waals surface area (Å²) in [7, 11) is 3.28. The Labute approximate surface area is 118 Å². The van der Waals surface area contributed by atoms with E-state index in [4.69, 9.17) is 5.11 Å². The SMILES string of the molecule is CC(NC(=O)N1CCC(CCC(=O)O)C1)C(=O)N(C)C. The van der Waals surface area contributed by atoms with Crippen LogP contribution < -0.4 is 5.32 Å². The Kier molecular flexibility index (Phi) is 5.79. The van der Waals surface area contributed by atoms with Gasteiger partial charge < -0.3 is 20.2 Å². The minimum atomic E-state index is -0.807. The van der Waals surface area contributed by atoms with Crippen LogP contribution in [0, 0.1) is 5.92 Å². The first kappa shape index (κ1) is 16.3. The molecular weight excluding hydrogens is 262 g/mol. The fourth-order valence-electron chi connectivity index (χ4n) is 2.31. The molecule has 0 spiro atoms. The number of likely N-dealkylation sites (N-methyl/N-ethyl adjacent to an activating group) is 1. The van der Waals surface area contributed by atoms with Gasteiger partial charge in [-0.15, -0.1) is 0 Å². The van der Waals surface area contributed by atoms with Crippen molar-refractivity contribution in [3.8, 4) is 0 Å². The van der Waals surface area contributed by atoms with Gasteiger partial charge in [0.15, 0.2) is 0 Å².